The zero-order chi connectivity index (χ0) is 18.5. The Morgan fingerprint density at radius 3 is 2.67 bits per heavy atom. The minimum absolute atomic E-state index is 0.253. The molecule has 0 atom stereocenters. The molecule has 0 saturated carbocycles. The van der Waals surface area contributed by atoms with Crippen LogP contribution >= 0.6 is 0 Å². The predicted octanol–water partition coefficient (Wildman–Crippen LogP) is 4.34. The van der Waals surface area contributed by atoms with E-state index in [1.54, 1.807) is 18.3 Å². The lowest BCUT2D eigenvalue weighted by atomic mass is 10.1. The van der Waals surface area contributed by atoms with E-state index in [4.69, 9.17) is 9.15 Å². The van der Waals surface area contributed by atoms with Crippen LogP contribution in [0.1, 0.15) is 22.0 Å². The number of nitrogens with one attached hydrogen (secondary N) is 1. The van der Waals surface area contributed by atoms with Crippen molar-refractivity contribution in [2.75, 3.05) is 0 Å². The fraction of sp³-hybridized carbons (Fsp3) is 0.0909. The first kappa shape index (κ1) is 16.8. The second kappa shape index (κ2) is 7.74. The second-order valence-electron chi connectivity index (χ2n) is 6.07. The zero-order valence-corrected chi connectivity index (χ0v) is 14.6. The highest BCUT2D eigenvalue weighted by Crippen LogP contribution is 2.21. The number of fused-ring (bicyclic) bond motifs is 1. The maximum Gasteiger partial charge on any atom is 0.287 e. The second-order valence-corrected chi connectivity index (χ2v) is 6.07. The molecule has 2 heterocycles. The molecule has 27 heavy (non-hydrogen) atoms. The summed E-state index contributed by atoms with van der Waals surface area (Å²) in [6.07, 6.45) is 1.69. The highest BCUT2D eigenvalue weighted by atomic mass is 16.5. The molecule has 0 saturated heterocycles. The van der Waals surface area contributed by atoms with E-state index in [9.17, 15) is 4.79 Å². The first-order valence-electron chi connectivity index (χ1n) is 8.66. The average molecular weight is 358 g/mol. The summed E-state index contributed by atoms with van der Waals surface area (Å²) in [7, 11) is 0. The summed E-state index contributed by atoms with van der Waals surface area (Å²) >= 11 is 0. The van der Waals surface area contributed by atoms with Gasteiger partial charge in [-0.15, -0.1) is 0 Å². The maximum absolute atomic E-state index is 12.2. The average Bonchev–Trinajstić information content (AvgIpc) is 3.20. The van der Waals surface area contributed by atoms with Gasteiger partial charge in [0.1, 0.15) is 18.1 Å². The van der Waals surface area contributed by atoms with Crippen LogP contribution in [0, 0.1) is 0 Å². The van der Waals surface area contributed by atoms with Crippen LogP contribution in [0.25, 0.3) is 10.8 Å². The van der Waals surface area contributed by atoms with Crippen LogP contribution in [0.3, 0.4) is 0 Å². The van der Waals surface area contributed by atoms with Gasteiger partial charge < -0.3 is 14.5 Å². The van der Waals surface area contributed by atoms with Crippen molar-refractivity contribution < 1.29 is 13.9 Å². The van der Waals surface area contributed by atoms with Crippen LogP contribution in [-0.4, -0.2) is 10.9 Å². The van der Waals surface area contributed by atoms with Crippen LogP contribution in [0.5, 0.6) is 5.75 Å². The van der Waals surface area contributed by atoms with Gasteiger partial charge in [-0.05, 0) is 47.2 Å². The number of hydrogen-bond acceptors (Lipinski definition) is 4. The van der Waals surface area contributed by atoms with E-state index in [2.05, 4.69) is 16.4 Å². The van der Waals surface area contributed by atoms with E-state index in [1.807, 2.05) is 54.6 Å². The molecule has 0 radical (unpaired) electrons. The van der Waals surface area contributed by atoms with Crippen molar-refractivity contribution >= 4 is 16.7 Å². The summed E-state index contributed by atoms with van der Waals surface area (Å²) in [6.45, 7) is 0.606. The van der Waals surface area contributed by atoms with E-state index in [-0.39, 0.29) is 18.3 Å². The topological polar surface area (TPSA) is 64.4 Å². The quantitative estimate of drug-likeness (QED) is 0.557. The number of benzene rings is 2. The largest absolute Gasteiger partial charge is 0.486 e. The molecule has 0 fully saturated rings. The van der Waals surface area contributed by atoms with E-state index in [0.29, 0.717) is 12.3 Å². The standard InChI is InChI=1S/C22H18N2O3/c25-22(24-14-18-7-3-4-12-23-18)21-11-10-20(27-21)15-26-19-9-8-16-5-1-2-6-17(16)13-19/h1-13H,14-15H2,(H,24,25). The number of carbonyl (C=O) groups excluding carboxylic acids is 1. The summed E-state index contributed by atoms with van der Waals surface area (Å²) in [5.74, 6) is 1.32. The fourth-order valence-electron chi connectivity index (χ4n) is 2.75. The molecule has 4 aromatic rings. The van der Waals surface area contributed by atoms with Crippen LogP contribution in [-0.2, 0) is 13.2 Å². The van der Waals surface area contributed by atoms with Gasteiger partial charge in [-0.3, -0.25) is 9.78 Å². The lowest BCUT2D eigenvalue weighted by molar-refractivity contribution is 0.0918. The number of amides is 1. The summed E-state index contributed by atoms with van der Waals surface area (Å²) in [5, 5.41) is 5.06. The molecule has 0 aliphatic rings. The van der Waals surface area contributed by atoms with E-state index >= 15 is 0 Å². The monoisotopic (exact) mass is 358 g/mol. The molecule has 2 aromatic heterocycles. The zero-order valence-electron chi connectivity index (χ0n) is 14.6. The normalized spacial score (nSPS) is 10.7. The molecule has 0 unspecified atom stereocenters. The number of ether oxygens (including phenoxy) is 1. The minimum Gasteiger partial charge on any atom is -0.486 e. The molecule has 5 nitrogen and oxygen atoms in total. The van der Waals surface area contributed by atoms with Crippen molar-refractivity contribution in [1.29, 1.82) is 0 Å². The summed E-state index contributed by atoms with van der Waals surface area (Å²) in [5.41, 5.74) is 0.789. The lowest BCUT2D eigenvalue weighted by Gasteiger charge is -2.06. The number of pyridine rings is 1. The molecule has 0 bridgehead atoms. The Bertz CT molecular complexity index is 1060. The summed E-state index contributed by atoms with van der Waals surface area (Å²) in [4.78, 5) is 16.3. The van der Waals surface area contributed by atoms with Crippen molar-refractivity contribution in [1.82, 2.24) is 10.3 Å². The maximum atomic E-state index is 12.2. The summed E-state index contributed by atoms with van der Waals surface area (Å²) < 4.78 is 11.4. The number of nitrogens with zero attached hydrogens (tertiary/aromatic N) is 1. The number of aromatic nitrogens is 1. The SMILES string of the molecule is O=C(NCc1ccccn1)c1ccc(COc2ccc3ccccc3c2)o1. The van der Waals surface area contributed by atoms with Gasteiger partial charge in [0.05, 0.1) is 12.2 Å². The molecular weight excluding hydrogens is 340 g/mol. The van der Waals surface area contributed by atoms with Crippen LogP contribution < -0.4 is 10.1 Å². The first-order valence-corrected chi connectivity index (χ1v) is 8.66. The predicted molar refractivity (Wildman–Crippen MR) is 102 cm³/mol. The Balaban J connectivity index is 1.35. The van der Waals surface area contributed by atoms with E-state index in [0.717, 1.165) is 22.2 Å². The molecule has 0 aliphatic heterocycles. The van der Waals surface area contributed by atoms with Crippen molar-refractivity contribution in [2.45, 2.75) is 13.2 Å². The van der Waals surface area contributed by atoms with Crippen molar-refractivity contribution in [3.63, 3.8) is 0 Å². The Kier molecular flexibility index (Phi) is 4.83. The van der Waals surface area contributed by atoms with E-state index in [1.165, 1.54) is 0 Å². The Morgan fingerprint density at radius 2 is 1.81 bits per heavy atom. The molecule has 2 aromatic carbocycles. The summed E-state index contributed by atoms with van der Waals surface area (Å²) in [6, 6.07) is 23.0. The molecule has 5 heteroatoms. The van der Waals surface area contributed by atoms with Gasteiger partial charge in [-0.2, -0.15) is 0 Å². The lowest BCUT2D eigenvalue weighted by Crippen LogP contribution is -2.22. The van der Waals surface area contributed by atoms with Gasteiger partial charge in [0.15, 0.2) is 5.76 Å². The molecule has 134 valence electrons. The number of furan rings is 1. The molecule has 1 amide bonds. The highest BCUT2D eigenvalue weighted by molar-refractivity contribution is 5.91. The molecule has 0 spiro atoms. The van der Waals surface area contributed by atoms with Gasteiger partial charge in [-0.25, -0.2) is 0 Å². The minimum atomic E-state index is -0.280. The van der Waals surface area contributed by atoms with Gasteiger partial charge in [-0.1, -0.05) is 36.4 Å². The molecule has 4 rings (SSSR count). The molecular formula is C22H18N2O3. The number of hydrogen-bond donors (Lipinski definition) is 1. The van der Waals surface area contributed by atoms with Gasteiger partial charge in [0.2, 0.25) is 0 Å². The van der Waals surface area contributed by atoms with Crippen LogP contribution in [0.15, 0.2) is 83.4 Å². The van der Waals surface area contributed by atoms with Crippen molar-refractivity contribution in [2.24, 2.45) is 0 Å². The Labute approximate surface area is 156 Å². The Hall–Kier alpha value is -3.60. The fourth-order valence-corrected chi connectivity index (χ4v) is 2.75. The van der Waals surface area contributed by atoms with Gasteiger partial charge >= 0.3 is 0 Å². The Morgan fingerprint density at radius 1 is 0.963 bits per heavy atom. The van der Waals surface area contributed by atoms with Gasteiger partial charge in [0.25, 0.3) is 5.91 Å². The third-order valence-corrected chi connectivity index (χ3v) is 4.14. The molecule has 0 aliphatic carbocycles. The highest BCUT2D eigenvalue weighted by Gasteiger charge is 2.11. The third kappa shape index (κ3) is 4.15. The first-order chi connectivity index (χ1) is 13.3. The van der Waals surface area contributed by atoms with Crippen LogP contribution in [0.4, 0.5) is 0 Å². The number of carbonyl (C=O) groups is 1. The van der Waals surface area contributed by atoms with Crippen molar-refractivity contribution in [3.05, 3.63) is 96.2 Å². The van der Waals surface area contributed by atoms with Crippen LogP contribution in [0.2, 0.25) is 0 Å². The number of rotatable bonds is 6. The van der Waals surface area contributed by atoms with E-state index < -0.39 is 0 Å². The third-order valence-electron chi connectivity index (χ3n) is 4.14. The van der Waals surface area contributed by atoms with Gasteiger partial charge in [0, 0.05) is 6.20 Å². The smallest absolute Gasteiger partial charge is 0.287 e. The van der Waals surface area contributed by atoms with Crippen molar-refractivity contribution in [3.8, 4) is 5.75 Å². The molecule has 1 N–H and O–H groups in total.